The van der Waals surface area contributed by atoms with E-state index in [9.17, 15) is 9.18 Å². The predicted molar refractivity (Wildman–Crippen MR) is 91.8 cm³/mol. The molecule has 0 bridgehead atoms. The summed E-state index contributed by atoms with van der Waals surface area (Å²) in [5, 5.41) is 3.24. The lowest BCUT2D eigenvalue weighted by atomic mass is 10.0. The molecule has 0 radical (unpaired) electrons. The van der Waals surface area contributed by atoms with E-state index in [0.29, 0.717) is 13.1 Å². The maximum Gasteiger partial charge on any atom is 0.256 e. The number of rotatable bonds is 3. The Bertz CT molecular complexity index is 708. The van der Waals surface area contributed by atoms with Gasteiger partial charge in [-0.1, -0.05) is 18.2 Å². The summed E-state index contributed by atoms with van der Waals surface area (Å²) in [7, 11) is 1.60. The summed E-state index contributed by atoms with van der Waals surface area (Å²) >= 11 is 0. The molecule has 1 saturated heterocycles. The SMILES string of the molecule is COc1ccc(-c2ccc(C(=O)N3CCCNCC3)c(F)c2)cc1. The van der Waals surface area contributed by atoms with Gasteiger partial charge in [0.2, 0.25) is 0 Å². The van der Waals surface area contributed by atoms with E-state index in [1.54, 1.807) is 24.1 Å². The fraction of sp³-hybridized carbons (Fsp3) is 0.316. The van der Waals surface area contributed by atoms with E-state index in [0.717, 1.165) is 36.4 Å². The highest BCUT2D eigenvalue weighted by Gasteiger charge is 2.20. The highest BCUT2D eigenvalue weighted by atomic mass is 19.1. The quantitative estimate of drug-likeness (QED) is 0.942. The zero-order valence-electron chi connectivity index (χ0n) is 13.7. The summed E-state index contributed by atoms with van der Waals surface area (Å²) in [6, 6.07) is 12.2. The van der Waals surface area contributed by atoms with Gasteiger partial charge in [-0.05, 0) is 48.4 Å². The Kier molecular flexibility index (Phi) is 5.11. The van der Waals surface area contributed by atoms with Crippen molar-refractivity contribution < 1.29 is 13.9 Å². The summed E-state index contributed by atoms with van der Waals surface area (Å²) in [5.74, 6) is 0.0313. The molecule has 24 heavy (non-hydrogen) atoms. The normalized spacial score (nSPS) is 15.0. The maximum absolute atomic E-state index is 14.5. The number of hydrogen-bond acceptors (Lipinski definition) is 3. The molecule has 0 atom stereocenters. The molecule has 1 heterocycles. The molecule has 1 fully saturated rings. The number of carbonyl (C=O) groups excluding carboxylic acids is 1. The van der Waals surface area contributed by atoms with Crippen LogP contribution in [-0.4, -0.2) is 44.1 Å². The minimum absolute atomic E-state index is 0.133. The molecule has 0 aromatic heterocycles. The predicted octanol–water partition coefficient (Wildman–Crippen LogP) is 2.94. The number of halogens is 1. The highest BCUT2D eigenvalue weighted by molar-refractivity contribution is 5.95. The summed E-state index contributed by atoms with van der Waals surface area (Å²) in [6.45, 7) is 2.91. The average Bonchev–Trinajstić information content (AvgIpc) is 2.90. The van der Waals surface area contributed by atoms with E-state index in [2.05, 4.69) is 5.32 Å². The summed E-state index contributed by atoms with van der Waals surface area (Å²) in [6.07, 6.45) is 0.886. The van der Waals surface area contributed by atoms with E-state index in [4.69, 9.17) is 4.74 Å². The van der Waals surface area contributed by atoms with Crippen molar-refractivity contribution >= 4 is 5.91 Å². The lowest BCUT2D eigenvalue weighted by Crippen LogP contribution is -2.34. The van der Waals surface area contributed by atoms with Gasteiger partial charge in [-0.3, -0.25) is 4.79 Å². The van der Waals surface area contributed by atoms with Crippen LogP contribution in [0.2, 0.25) is 0 Å². The van der Waals surface area contributed by atoms with Crippen molar-refractivity contribution in [3.05, 3.63) is 53.8 Å². The number of benzene rings is 2. The van der Waals surface area contributed by atoms with E-state index in [-0.39, 0.29) is 11.5 Å². The molecule has 0 unspecified atom stereocenters. The van der Waals surface area contributed by atoms with Crippen molar-refractivity contribution in [2.45, 2.75) is 6.42 Å². The van der Waals surface area contributed by atoms with Gasteiger partial charge < -0.3 is 15.0 Å². The summed E-state index contributed by atoms with van der Waals surface area (Å²) < 4.78 is 19.6. The lowest BCUT2D eigenvalue weighted by molar-refractivity contribution is 0.0761. The Balaban J connectivity index is 1.82. The molecule has 1 N–H and O–H groups in total. The zero-order valence-corrected chi connectivity index (χ0v) is 13.7. The molecule has 0 saturated carbocycles. The molecule has 3 rings (SSSR count). The van der Waals surface area contributed by atoms with Gasteiger partial charge in [0.25, 0.3) is 5.91 Å². The topological polar surface area (TPSA) is 41.6 Å². The van der Waals surface area contributed by atoms with Gasteiger partial charge in [-0.15, -0.1) is 0 Å². The van der Waals surface area contributed by atoms with Crippen molar-refractivity contribution in [3.63, 3.8) is 0 Å². The number of nitrogens with zero attached hydrogens (tertiary/aromatic N) is 1. The van der Waals surface area contributed by atoms with Gasteiger partial charge in [0.05, 0.1) is 12.7 Å². The molecule has 0 spiro atoms. The molecule has 2 aromatic rings. The number of amides is 1. The molecular weight excluding hydrogens is 307 g/mol. The molecule has 5 heteroatoms. The standard InChI is InChI=1S/C19H21FN2O2/c1-24-16-6-3-14(4-7-16)15-5-8-17(18(20)13-15)19(23)22-11-2-9-21-10-12-22/h3-8,13,21H,2,9-12H2,1H3. The van der Waals surface area contributed by atoms with Crippen LogP contribution < -0.4 is 10.1 Å². The Morgan fingerprint density at radius 3 is 2.54 bits per heavy atom. The molecule has 2 aromatic carbocycles. The number of nitrogens with one attached hydrogen (secondary N) is 1. The van der Waals surface area contributed by atoms with Gasteiger partial charge >= 0.3 is 0 Å². The first-order valence-electron chi connectivity index (χ1n) is 8.13. The molecule has 126 valence electrons. The van der Waals surface area contributed by atoms with Crippen molar-refractivity contribution in [1.29, 1.82) is 0 Å². The second-order valence-corrected chi connectivity index (χ2v) is 5.82. The van der Waals surface area contributed by atoms with Gasteiger partial charge in [-0.25, -0.2) is 4.39 Å². The van der Waals surface area contributed by atoms with Crippen LogP contribution in [0.4, 0.5) is 4.39 Å². The largest absolute Gasteiger partial charge is 0.497 e. The van der Waals surface area contributed by atoms with Crippen LogP contribution in [0.25, 0.3) is 11.1 Å². The van der Waals surface area contributed by atoms with Gasteiger partial charge in [0.15, 0.2) is 0 Å². The Morgan fingerprint density at radius 2 is 1.83 bits per heavy atom. The molecule has 1 amide bonds. The van der Waals surface area contributed by atoms with Crippen LogP contribution in [0.5, 0.6) is 5.75 Å². The maximum atomic E-state index is 14.5. The summed E-state index contributed by atoms with van der Waals surface area (Å²) in [5.41, 5.74) is 1.76. The molecule has 1 aliphatic heterocycles. The van der Waals surface area contributed by atoms with Crippen molar-refractivity contribution in [1.82, 2.24) is 10.2 Å². The second kappa shape index (κ2) is 7.45. The minimum Gasteiger partial charge on any atom is -0.497 e. The molecule has 1 aliphatic rings. The smallest absolute Gasteiger partial charge is 0.256 e. The Labute approximate surface area is 141 Å². The first-order valence-corrected chi connectivity index (χ1v) is 8.13. The van der Waals surface area contributed by atoms with Gasteiger partial charge in [-0.2, -0.15) is 0 Å². The average molecular weight is 328 g/mol. The van der Waals surface area contributed by atoms with Crippen LogP contribution in [0, 0.1) is 5.82 Å². The van der Waals surface area contributed by atoms with Crippen LogP contribution in [0.15, 0.2) is 42.5 Å². The van der Waals surface area contributed by atoms with Crippen LogP contribution in [0.1, 0.15) is 16.8 Å². The second-order valence-electron chi connectivity index (χ2n) is 5.82. The van der Waals surface area contributed by atoms with Crippen molar-refractivity contribution in [2.24, 2.45) is 0 Å². The molecule has 0 aliphatic carbocycles. The lowest BCUT2D eigenvalue weighted by Gasteiger charge is -2.20. The zero-order chi connectivity index (χ0) is 16.9. The van der Waals surface area contributed by atoms with E-state index in [1.807, 2.05) is 24.3 Å². The minimum atomic E-state index is -0.481. The van der Waals surface area contributed by atoms with Crippen LogP contribution in [-0.2, 0) is 0 Å². The summed E-state index contributed by atoms with van der Waals surface area (Å²) in [4.78, 5) is 14.3. The monoisotopic (exact) mass is 328 g/mol. The fourth-order valence-corrected chi connectivity index (χ4v) is 2.87. The number of methoxy groups -OCH3 is 1. The van der Waals surface area contributed by atoms with Crippen molar-refractivity contribution in [3.8, 4) is 16.9 Å². The first-order chi connectivity index (χ1) is 11.7. The number of hydrogen-bond donors (Lipinski definition) is 1. The Morgan fingerprint density at radius 1 is 1.08 bits per heavy atom. The third-order valence-electron chi connectivity index (χ3n) is 4.25. The number of carbonyl (C=O) groups is 1. The van der Waals surface area contributed by atoms with E-state index >= 15 is 0 Å². The highest BCUT2D eigenvalue weighted by Crippen LogP contribution is 2.25. The van der Waals surface area contributed by atoms with E-state index in [1.165, 1.54) is 6.07 Å². The molecule has 4 nitrogen and oxygen atoms in total. The van der Waals surface area contributed by atoms with Crippen LogP contribution >= 0.6 is 0 Å². The van der Waals surface area contributed by atoms with Crippen LogP contribution in [0.3, 0.4) is 0 Å². The third kappa shape index (κ3) is 3.57. The van der Waals surface area contributed by atoms with Crippen molar-refractivity contribution in [2.75, 3.05) is 33.3 Å². The fourth-order valence-electron chi connectivity index (χ4n) is 2.87. The Hall–Kier alpha value is -2.40. The van der Waals surface area contributed by atoms with Gasteiger partial charge in [0, 0.05) is 19.6 Å². The van der Waals surface area contributed by atoms with E-state index < -0.39 is 5.82 Å². The van der Waals surface area contributed by atoms with Gasteiger partial charge in [0.1, 0.15) is 11.6 Å². The number of ether oxygens (including phenoxy) is 1. The first kappa shape index (κ1) is 16.5. The third-order valence-corrected chi connectivity index (χ3v) is 4.25. The molecular formula is C19H21FN2O2.